The Hall–Kier alpha value is -1.67. The Kier molecular flexibility index (Phi) is 2.79. The molecule has 15 heavy (non-hydrogen) atoms. The van der Waals surface area contributed by atoms with Crippen molar-refractivity contribution in [3.63, 3.8) is 0 Å². The van der Waals surface area contributed by atoms with Crippen LogP contribution in [0.2, 0.25) is 0 Å². The molecule has 2 heteroatoms. The first-order chi connectivity index (χ1) is 7.27. The number of benzene rings is 1. The highest BCUT2D eigenvalue weighted by molar-refractivity contribution is 5.59. The van der Waals surface area contributed by atoms with Gasteiger partial charge in [-0.3, -0.25) is 4.98 Å². The van der Waals surface area contributed by atoms with Gasteiger partial charge in [0.15, 0.2) is 0 Å². The lowest BCUT2D eigenvalue weighted by atomic mass is 10.0. The second-order valence-electron chi connectivity index (χ2n) is 3.63. The van der Waals surface area contributed by atoms with Crippen LogP contribution in [0.25, 0.3) is 11.3 Å². The molecule has 2 nitrogen and oxygen atoms in total. The maximum atomic E-state index is 5.79. The van der Waals surface area contributed by atoms with Gasteiger partial charge in [0.25, 0.3) is 0 Å². The van der Waals surface area contributed by atoms with E-state index in [9.17, 15) is 0 Å². The molecule has 2 N–H and O–H groups in total. The molecule has 2 rings (SSSR count). The molecule has 0 spiro atoms. The van der Waals surface area contributed by atoms with Crippen LogP contribution < -0.4 is 5.73 Å². The van der Waals surface area contributed by atoms with Crippen LogP contribution in [0, 0.1) is 0 Å². The third-order valence-corrected chi connectivity index (χ3v) is 2.40. The quantitative estimate of drug-likeness (QED) is 0.805. The zero-order valence-electron chi connectivity index (χ0n) is 8.72. The van der Waals surface area contributed by atoms with Gasteiger partial charge in [-0.1, -0.05) is 30.3 Å². The van der Waals surface area contributed by atoms with Crippen LogP contribution in [0.1, 0.15) is 18.5 Å². The van der Waals surface area contributed by atoms with Gasteiger partial charge in [-0.15, -0.1) is 0 Å². The van der Waals surface area contributed by atoms with Crippen LogP contribution in [0.4, 0.5) is 0 Å². The van der Waals surface area contributed by atoms with Crippen molar-refractivity contribution in [1.82, 2.24) is 4.98 Å². The monoisotopic (exact) mass is 198 g/mol. The van der Waals surface area contributed by atoms with E-state index in [-0.39, 0.29) is 6.04 Å². The molecule has 0 aliphatic carbocycles. The lowest BCUT2D eigenvalue weighted by Crippen LogP contribution is -2.04. The maximum Gasteiger partial charge on any atom is 0.0701 e. The smallest absolute Gasteiger partial charge is 0.0701 e. The molecule has 0 unspecified atom stereocenters. The number of hydrogen-bond donors (Lipinski definition) is 1. The average molecular weight is 198 g/mol. The number of hydrogen-bond acceptors (Lipinski definition) is 2. The highest BCUT2D eigenvalue weighted by atomic mass is 14.7. The number of aromatic nitrogens is 1. The Morgan fingerprint density at radius 3 is 2.33 bits per heavy atom. The molecule has 1 aromatic heterocycles. The van der Waals surface area contributed by atoms with Gasteiger partial charge >= 0.3 is 0 Å². The molecule has 0 amide bonds. The molecule has 0 fully saturated rings. The summed E-state index contributed by atoms with van der Waals surface area (Å²) in [5.41, 5.74) is 9.05. The SMILES string of the molecule is C[C@H](N)c1ccc(-c2ccccn2)cc1. The summed E-state index contributed by atoms with van der Waals surface area (Å²) in [5, 5.41) is 0. The first-order valence-corrected chi connectivity index (χ1v) is 5.04. The highest BCUT2D eigenvalue weighted by Gasteiger charge is 2.00. The summed E-state index contributed by atoms with van der Waals surface area (Å²) in [6.07, 6.45) is 1.80. The van der Waals surface area contributed by atoms with Crippen molar-refractivity contribution < 1.29 is 0 Å². The fourth-order valence-electron chi connectivity index (χ4n) is 1.49. The Morgan fingerprint density at radius 2 is 1.80 bits per heavy atom. The normalized spacial score (nSPS) is 12.4. The van der Waals surface area contributed by atoms with E-state index in [0.717, 1.165) is 16.8 Å². The van der Waals surface area contributed by atoms with E-state index in [0.29, 0.717) is 0 Å². The number of nitrogens with zero attached hydrogens (tertiary/aromatic N) is 1. The van der Waals surface area contributed by atoms with Crippen LogP contribution in [-0.4, -0.2) is 4.98 Å². The van der Waals surface area contributed by atoms with Crippen LogP contribution in [-0.2, 0) is 0 Å². The molecule has 1 atom stereocenters. The van der Waals surface area contributed by atoms with Gasteiger partial charge in [0, 0.05) is 17.8 Å². The first-order valence-electron chi connectivity index (χ1n) is 5.04. The van der Waals surface area contributed by atoms with E-state index in [1.807, 2.05) is 25.1 Å². The van der Waals surface area contributed by atoms with Crippen LogP contribution in [0.15, 0.2) is 48.7 Å². The van der Waals surface area contributed by atoms with Crippen LogP contribution in [0.3, 0.4) is 0 Å². The average Bonchev–Trinajstić information content (AvgIpc) is 2.30. The Bertz CT molecular complexity index is 418. The van der Waals surface area contributed by atoms with Crippen molar-refractivity contribution >= 4 is 0 Å². The summed E-state index contributed by atoms with van der Waals surface area (Å²) in [5.74, 6) is 0. The summed E-state index contributed by atoms with van der Waals surface area (Å²) in [6.45, 7) is 1.98. The second-order valence-corrected chi connectivity index (χ2v) is 3.63. The summed E-state index contributed by atoms with van der Waals surface area (Å²) < 4.78 is 0. The van der Waals surface area contributed by atoms with Gasteiger partial charge < -0.3 is 5.73 Å². The van der Waals surface area contributed by atoms with Crippen LogP contribution in [0.5, 0.6) is 0 Å². The molecule has 1 aromatic carbocycles. The molecular formula is C13H14N2. The highest BCUT2D eigenvalue weighted by Crippen LogP contribution is 2.18. The molecule has 0 radical (unpaired) electrons. The zero-order chi connectivity index (χ0) is 10.7. The lowest BCUT2D eigenvalue weighted by molar-refractivity contribution is 0.818. The van der Waals surface area contributed by atoms with Gasteiger partial charge in [-0.05, 0) is 24.6 Å². The van der Waals surface area contributed by atoms with E-state index in [2.05, 4.69) is 29.2 Å². The molecule has 1 heterocycles. The van der Waals surface area contributed by atoms with Gasteiger partial charge in [0.2, 0.25) is 0 Å². The molecule has 0 aliphatic rings. The Labute approximate surface area is 89.8 Å². The fourth-order valence-corrected chi connectivity index (χ4v) is 1.49. The fraction of sp³-hybridized carbons (Fsp3) is 0.154. The van der Waals surface area contributed by atoms with Crippen molar-refractivity contribution in [1.29, 1.82) is 0 Å². The number of nitrogens with two attached hydrogens (primary N) is 1. The van der Waals surface area contributed by atoms with Crippen molar-refractivity contribution in [2.45, 2.75) is 13.0 Å². The summed E-state index contributed by atoms with van der Waals surface area (Å²) in [6, 6.07) is 14.2. The standard InChI is InChI=1S/C13H14N2/c1-10(14)11-5-7-12(8-6-11)13-4-2-3-9-15-13/h2-10H,14H2,1H3/t10-/m0/s1. The van der Waals surface area contributed by atoms with Gasteiger partial charge in [0.05, 0.1) is 5.69 Å². The molecule has 0 bridgehead atoms. The van der Waals surface area contributed by atoms with E-state index in [1.54, 1.807) is 6.20 Å². The van der Waals surface area contributed by atoms with Crippen molar-refractivity contribution in [3.8, 4) is 11.3 Å². The molecule has 76 valence electrons. The number of rotatable bonds is 2. The van der Waals surface area contributed by atoms with Gasteiger partial charge in [0.1, 0.15) is 0 Å². The first kappa shape index (κ1) is 9.87. The summed E-state index contributed by atoms with van der Waals surface area (Å²) in [7, 11) is 0. The largest absolute Gasteiger partial charge is 0.324 e. The minimum Gasteiger partial charge on any atom is -0.324 e. The van der Waals surface area contributed by atoms with E-state index in [4.69, 9.17) is 5.73 Å². The minimum absolute atomic E-state index is 0.0859. The van der Waals surface area contributed by atoms with Crippen LogP contribution >= 0.6 is 0 Å². The van der Waals surface area contributed by atoms with E-state index >= 15 is 0 Å². The summed E-state index contributed by atoms with van der Waals surface area (Å²) in [4.78, 5) is 4.29. The summed E-state index contributed by atoms with van der Waals surface area (Å²) >= 11 is 0. The predicted molar refractivity (Wildman–Crippen MR) is 62.3 cm³/mol. The maximum absolute atomic E-state index is 5.79. The van der Waals surface area contributed by atoms with Crippen molar-refractivity contribution in [2.24, 2.45) is 5.73 Å². The molecule has 0 saturated carbocycles. The number of pyridine rings is 1. The minimum atomic E-state index is 0.0859. The predicted octanol–water partition coefficient (Wildman–Crippen LogP) is 2.77. The molecule has 0 saturated heterocycles. The molecule has 0 aliphatic heterocycles. The van der Waals surface area contributed by atoms with E-state index < -0.39 is 0 Å². The topological polar surface area (TPSA) is 38.9 Å². The van der Waals surface area contributed by atoms with Crippen molar-refractivity contribution in [3.05, 3.63) is 54.2 Å². The molecular weight excluding hydrogens is 184 g/mol. The van der Waals surface area contributed by atoms with Crippen molar-refractivity contribution in [2.75, 3.05) is 0 Å². The van der Waals surface area contributed by atoms with Gasteiger partial charge in [-0.2, -0.15) is 0 Å². The third-order valence-electron chi connectivity index (χ3n) is 2.40. The Morgan fingerprint density at radius 1 is 1.07 bits per heavy atom. The second kappa shape index (κ2) is 4.24. The van der Waals surface area contributed by atoms with E-state index in [1.165, 1.54) is 0 Å². The molecule has 2 aromatic rings. The lowest BCUT2D eigenvalue weighted by Gasteiger charge is -2.06. The third kappa shape index (κ3) is 2.22. The Balaban J connectivity index is 2.32. The van der Waals surface area contributed by atoms with Gasteiger partial charge in [-0.25, -0.2) is 0 Å². The zero-order valence-corrected chi connectivity index (χ0v) is 8.72.